The Bertz CT molecular complexity index is 426. The molecule has 112 valence electrons. The van der Waals surface area contributed by atoms with Gasteiger partial charge in [-0.2, -0.15) is 0 Å². The SMILES string of the molecule is CCOc1cc(CN2CCC(N(C)C)CC2)ccc1O. The standard InChI is InChI=1S/C16H26N2O2/c1-4-20-16-11-13(5-6-15(16)19)12-18-9-7-14(8-10-18)17(2)3/h5-6,11,14,19H,4,7-10,12H2,1-3H3. The first-order valence-corrected chi connectivity index (χ1v) is 7.43. The number of hydrogen-bond acceptors (Lipinski definition) is 4. The van der Waals surface area contributed by atoms with E-state index in [4.69, 9.17) is 4.74 Å². The zero-order valence-electron chi connectivity index (χ0n) is 12.8. The van der Waals surface area contributed by atoms with Crippen LogP contribution in [0.3, 0.4) is 0 Å². The number of aromatic hydroxyl groups is 1. The van der Waals surface area contributed by atoms with Crippen LogP contribution in [0.1, 0.15) is 25.3 Å². The lowest BCUT2D eigenvalue weighted by molar-refractivity contribution is 0.140. The van der Waals surface area contributed by atoms with E-state index in [1.165, 1.54) is 18.4 Å². The van der Waals surface area contributed by atoms with Crippen molar-refractivity contribution in [1.29, 1.82) is 0 Å². The molecule has 0 unspecified atom stereocenters. The molecule has 4 heteroatoms. The molecule has 1 aliphatic rings. The minimum atomic E-state index is 0.224. The van der Waals surface area contributed by atoms with Crippen molar-refractivity contribution in [3.63, 3.8) is 0 Å². The number of hydrogen-bond donors (Lipinski definition) is 1. The van der Waals surface area contributed by atoms with Gasteiger partial charge in [-0.1, -0.05) is 6.07 Å². The maximum atomic E-state index is 9.72. The number of ether oxygens (including phenoxy) is 1. The van der Waals surface area contributed by atoms with Gasteiger partial charge in [-0.3, -0.25) is 4.90 Å². The van der Waals surface area contributed by atoms with E-state index in [1.807, 2.05) is 19.1 Å². The topological polar surface area (TPSA) is 35.9 Å². The van der Waals surface area contributed by atoms with E-state index >= 15 is 0 Å². The van der Waals surface area contributed by atoms with Crippen molar-refractivity contribution in [2.24, 2.45) is 0 Å². The molecular formula is C16H26N2O2. The van der Waals surface area contributed by atoms with Gasteiger partial charge in [0.05, 0.1) is 6.61 Å². The molecule has 1 aromatic carbocycles. The summed E-state index contributed by atoms with van der Waals surface area (Å²) >= 11 is 0. The number of rotatable bonds is 5. The van der Waals surface area contributed by atoms with Crippen LogP contribution < -0.4 is 4.74 Å². The number of phenolic OH excluding ortho intramolecular Hbond substituents is 1. The van der Waals surface area contributed by atoms with Crippen molar-refractivity contribution in [3.8, 4) is 11.5 Å². The molecule has 0 saturated carbocycles. The van der Waals surface area contributed by atoms with E-state index in [9.17, 15) is 5.11 Å². The highest BCUT2D eigenvalue weighted by molar-refractivity contribution is 5.41. The summed E-state index contributed by atoms with van der Waals surface area (Å²) in [5, 5.41) is 9.72. The number of benzene rings is 1. The minimum absolute atomic E-state index is 0.224. The maximum absolute atomic E-state index is 9.72. The predicted molar refractivity (Wildman–Crippen MR) is 81.3 cm³/mol. The van der Waals surface area contributed by atoms with Crippen LogP contribution in [0.25, 0.3) is 0 Å². The van der Waals surface area contributed by atoms with E-state index in [2.05, 4.69) is 23.9 Å². The molecule has 0 aliphatic carbocycles. The van der Waals surface area contributed by atoms with E-state index < -0.39 is 0 Å². The number of piperidine rings is 1. The maximum Gasteiger partial charge on any atom is 0.161 e. The summed E-state index contributed by atoms with van der Waals surface area (Å²) in [5.74, 6) is 0.815. The quantitative estimate of drug-likeness (QED) is 0.896. The van der Waals surface area contributed by atoms with Crippen LogP contribution in [0.4, 0.5) is 0 Å². The van der Waals surface area contributed by atoms with Crippen LogP contribution in [0.5, 0.6) is 11.5 Å². The molecular weight excluding hydrogens is 252 g/mol. The summed E-state index contributed by atoms with van der Waals surface area (Å²) in [4.78, 5) is 4.80. The zero-order chi connectivity index (χ0) is 14.5. The fourth-order valence-corrected chi connectivity index (χ4v) is 2.78. The minimum Gasteiger partial charge on any atom is -0.504 e. The van der Waals surface area contributed by atoms with E-state index in [0.717, 1.165) is 19.6 Å². The van der Waals surface area contributed by atoms with Gasteiger partial charge in [0.2, 0.25) is 0 Å². The second-order valence-electron chi connectivity index (χ2n) is 5.71. The molecule has 1 fully saturated rings. The summed E-state index contributed by atoms with van der Waals surface area (Å²) in [7, 11) is 4.32. The van der Waals surface area contributed by atoms with Crippen molar-refractivity contribution in [1.82, 2.24) is 9.80 Å². The zero-order valence-corrected chi connectivity index (χ0v) is 12.8. The van der Waals surface area contributed by atoms with E-state index in [-0.39, 0.29) is 5.75 Å². The van der Waals surface area contributed by atoms with Crippen molar-refractivity contribution in [2.45, 2.75) is 32.4 Å². The lowest BCUT2D eigenvalue weighted by atomic mass is 10.0. The summed E-state index contributed by atoms with van der Waals surface area (Å²) in [6.07, 6.45) is 2.45. The molecule has 0 atom stereocenters. The number of nitrogens with zero attached hydrogens (tertiary/aromatic N) is 2. The Morgan fingerprint density at radius 3 is 2.60 bits per heavy atom. The smallest absolute Gasteiger partial charge is 0.161 e. The predicted octanol–water partition coefficient (Wildman–Crippen LogP) is 2.32. The normalized spacial score (nSPS) is 17.6. The third-order valence-corrected chi connectivity index (χ3v) is 4.02. The second-order valence-corrected chi connectivity index (χ2v) is 5.71. The molecule has 1 heterocycles. The summed E-state index contributed by atoms with van der Waals surface area (Å²) in [6.45, 7) is 5.70. The van der Waals surface area contributed by atoms with Gasteiger partial charge in [0, 0.05) is 12.6 Å². The Kier molecular flexibility index (Phi) is 5.26. The fraction of sp³-hybridized carbons (Fsp3) is 0.625. The Labute approximate surface area is 122 Å². The van der Waals surface area contributed by atoms with Gasteiger partial charge in [0.25, 0.3) is 0 Å². The lowest BCUT2D eigenvalue weighted by Gasteiger charge is -2.35. The highest BCUT2D eigenvalue weighted by Gasteiger charge is 2.20. The molecule has 4 nitrogen and oxygen atoms in total. The average molecular weight is 278 g/mol. The average Bonchev–Trinajstić information content (AvgIpc) is 2.43. The third kappa shape index (κ3) is 3.87. The van der Waals surface area contributed by atoms with Crippen LogP contribution in [-0.2, 0) is 6.54 Å². The summed E-state index contributed by atoms with van der Waals surface area (Å²) in [6, 6.07) is 6.38. The van der Waals surface area contributed by atoms with Gasteiger partial charge in [-0.25, -0.2) is 0 Å². The number of likely N-dealkylation sites (tertiary alicyclic amines) is 1. The molecule has 2 rings (SSSR count). The Morgan fingerprint density at radius 1 is 1.30 bits per heavy atom. The van der Waals surface area contributed by atoms with Gasteiger partial charge >= 0.3 is 0 Å². The van der Waals surface area contributed by atoms with E-state index in [1.54, 1.807) is 6.07 Å². The van der Waals surface area contributed by atoms with Crippen LogP contribution >= 0.6 is 0 Å². The van der Waals surface area contributed by atoms with Gasteiger partial charge < -0.3 is 14.7 Å². The highest BCUT2D eigenvalue weighted by Crippen LogP contribution is 2.28. The van der Waals surface area contributed by atoms with Gasteiger partial charge in [0.15, 0.2) is 11.5 Å². The lowest BCUT2D eigenvalue weighted by Crippen LogP contribution is -2.41. The van der Waals surface area contributed by atoms with Gasteiger partial charge in [0.1, 0.15) is 0 Å². The third-order valence-electron chi connectivity index (χ3n) is 4.02. The highest BCUT2D eigenvalue weighted by atomic mass is 16.5. The van der Waals surface area contributed by atoms with Crippen LogP contribution in [0.15, 0.2) is 18.2 Å². The molecule has 1 aliphatic heterocycles. The van der Waals surface area contributed by atoms with Gasteiger partial charge in [-0.15, -0.1) is 0 Å². The van der Waals surface area contributed by atoms with Crippen molar-refractivity contribution >= 4 is 0 Å². The van der Waals surface area contributed by atoms with Crippen LogP contribution in [-0.4, -0.2) is 54.7 Å². The van der Waals surface area contributed by atoms with Crippen molar-refractivity contribution in [3.05, 3.63) is 23.8 Å². The molecule has 0 spiro atoms. The Balaban J connectivity index is 1.92. The molecule has 0 radical (unpaired) electrons. The molecule has 0 amide bonds. The Hall–Kier alpha value is -1.26. The first-order valence-electron chi connectivity index (χ1n) is 7.43. The molecule has 20 heavy (non-hydrogen) atoms. The largest absolute Gasteiger partial charge is 0.504 e. The van der Waals surface area contributed by atoms with Crippen LogP contribution in [0.2, 0.25) is 0 Å². The number of phenols is 1. The van der Waals surface area contributed by atoms with Crippen molar-refractivity contribution < 1.29 is 9.84 Å². The molecule has 1 aromatic rings. The summed E-state index contributed by atoms with van der Waals surface area (Å²) < 4.78 is 5.44. The first-order chi connectivity index (χ1) is 9.60. The first kappa shape index (κ1) is 15.1. The Morgan fingerprint density at radius 2 is 2.00 bits per heavy atom. The fourth-order valence-electron chi connectivity index (χ4n) is 2.78. The molecule has 1 saturated heterocycles. The van der Waals surface area contributed by atoms with Gasteiger partial charge in [-0.05, 0) is 64.6 Å². The monoisotopic (exact) mass is 278 g/mol. The molecule has 1 N–H and O–H groups in total. The van der Waals surface area contributed by atoms with E-state index in [0.29, 0.717) is 18.4 Å². The summed E-state index contributed by atoms with van der Waals surface area (Å²) in [5.41, 5.74) is 1.20. The van der Waals surface area contributed by atoms with Crippen LogP contribution in [0, 0.1) is 0 Å². The molecule has 0 aromatic heterocycles. The van der Waals surface area contributed by atoms with Crippen molar-refractivity contribution in [2.75, 3.05) is 33.8 Å². The molecule has 0 bridgehead atoms. The second kappa shape index (κ2) is 6.95.